The van der Waals surface area contributed by atoms with Crippen molar-refractivity contribution in [3.05, 3.63) is 0 Å². The van der Waals surface area contributed by atoms with E-state index in [1.807, 2.05) is 0 Å². The smallest absolute Gasteiger partial charge is 0.315 e. The van der Waals surface area contributed by atoms with Crippen molar-refractivity contribution in [2.75, 3.05) is 13.6 Å². The van der Waals surface area contributed by atoms with Crippen LogP contribution in [0.2, 0.25) is 0 Å². The molecule has 0 unspecified atom stereocenters. The number of carbonyl (C=O) groups is 3. The molecular weight excluding hydrogens is 308 g/mol. The normalized spacial score (nSPS) is 20.7. The first-order valence-electron chi connectivity index (χ1n) is 9.13. The summed E-state index contributed by atoms with van der Waals surface area (Å²) in [7, 11) is 1.58. The zero-order valence-corrected chi connectivity index (χ0v) is 14.6. The van der Waals surface area contributed by atoms with Gasteiger partial charge < -0.3 is 21.3 Å². The molecule has 2 aliphatic rings. The summed E-state index contributed by atoms with van der Waals surface area (Å²) in [4.78, 5) is 36.3. The molecule has 0 atom stereocenters. The maximum Gasteiger partial charge on any atom is 0.315 e. The first kappa shape index (κ1) is 18.5. The number of nitrogens with one attached hydrogen (secondary N) is 4. The molecule has 0 aliphatic heterocycles. The van der Waals surface area contributed by atoms with E-state index in [1.54, 1.807) is 7.05 Å². The Balaban J connectivity index is 1.78. The maximum atomic E-state index is 12.2. The van der Waals surface area contributed by atoms with Gasteiger partial charge in [-0.25, -0.2) is 4.79 Å². The summed E-state index contributed by atoms with van der Waals surface area (Å²) in [5.74, 6) is -0.471. The molecule has 4 N–H and O–H groups in total. The summed E-state index contributed by atoms with van der Waals surface area (Å²) >= 11 is 0. The highest BCUT2D eigenvalue weighted by molar-refractivity contribution is 5.93. The van der Waals surface area contributed by atoms with Crippen molar-refractivity contribution >= 4 is 17.8 Å². The molecule has 2 aliphatic carbocycles. The molecule has 0 spiro atoms. The van der Waals surface area contributed by atoms with Gasteiger partial charge >= 0.3 is 6.03 Å². The average Bonchev–Trinajstić information content (AvgIpc) is 2.61. The Morgan fingerprint density at radius 3 is 2.21 bits per heavy atom. The summed E-state index contributed by atoms with van der Waals surface area (Å²) in [6.07, 6.45) is 9.71. The fourth-order valence-electron chi connectivity index (χ4n) is 3.76. The van der Waals surface area contributed by atoms with Crippen molar-refractivity contribution in [3.8, 4) is 0 Å². The van der Waals surface area contributed by atoms with Crippen molar-refractivity contribution in [2.24, 2.45) is 0 Å². The predicted octanol–water partition coefficient (Wildman–Crippen LogP) is 1.18. The van der Waals surface area contributed by atoms with Crippen LogP contribution in [0.15, 0.2) is 0 Å². The number of rotatable bonds is 5. The van der Waals surface area contributed by atoms with Gasteiger partial charge in [0.2, 0.25) is 11.8 Å². The van der Waals surface area contributed by atoms with E-state index in [2.05, 4.69) is 21.3 Å². The van der Waals surface area contributed by atoms with Gasteiger partial charge in [0.1, 0.15) is 5.54 Å². The van der Waals surface area contributed by atoms with Gasteiger partial charge in [-0.3, -0.25) is 9.59 Å². The average molecular weight is 338 g/mol. The van der Waals surface area contributed by atoms with Gasteiger partial charge in [-0.05, 0) is 25.7 Å². The molecule has 0 aromatic heterocycles. The standard InChI is InChI=1S/C17H30N4O3/c1-18-15(23)17(10-6-3-7-11-17)21-14(22)12-19-16(24)20-13-8-4-2-5-9-13/h13H,2-12H2,1H3,(H,18,23)(H,21,22)(H2,19,20,24). The lowest BCUT2D eigenvalue weighted by Crippen LogP contribution is -2.60. The monoisotopic (exact) mass is 338 g/mol. The Bertz CT molecular complexity index is 455. The molecular formula is C17H30N4O3. The third-order valence-corrected chi connectivity index (χ3v) is 5.10. The molecule has 24 heavy (non-hydrogen) atoms. The van der Waals surface area contributed by atoms with Crippen molar-refractivity contribution in [1.82, 2.24) is 21.3 Å². The number of urea groups is 1. The van der Waals surface area contributed by atoms with E-state index >= 15 is 0 Å². The second-order valence-electron chi connectivity index (χ2n) is 6.93. The Morgan fingerprint density at radius 2 is 1.58 bits per heavy atom. The minimum Gasteiger partial charge on any atom is -0.357 e. The highest BCUT2D eigenvalue weighted by Gasteiger charge is 2.40. The highest BCUT2D eigenvalue weighted by atomic mass is 16.2. The molecule has 2 rings (SSSR count). The topological polar surface area (TPSA) is 99.3 Å². The van der Waals surface area contributed by atoms with Gasteiger partial charge in [0.05, 0.1) is 6.54 Å². The van der Waals surface area contributed by atoms with Crippen molar-refractivity contribution in [1.29, 1.82) is 0 Å². The van der Waals surface area contributed by atoms with E-state index in [9.17, 15) is 14.4 Å². The lowest BCUT2D eigenvalue weighted by atomic mass is 9.81. The maximum absolute atomic E-state index is 12.2. The first-order chi connectivity index (χ1) is 11.6. The number of hydrogen-bond donors (Lipinski definition) is 4. The van der Waals surface area contributed by atoms with E-state index < -0.39 is 5.54 Å². The number of amides is 4. The van der Waals surface area contributed by atoms with Gasteiger partial charge in [-0.15, -0.1) is 0 Å². The zero-order valence-electron chi connectivity index (χ0n) is 14.6. The van der Waals surface area contributed by atoms with Crippen LogP contribution in [0.3, 0.4) is 0 Å². The highest BCUT2D eigenvalue weighted by Crippen LogP contribution is 2.28. The summed E-state index contributed by atoms with van der Waals surface area (Å²) < 4.78 is 0. The van der Waals surface area contributed by atoms with Crippen molar-refractivity contribution in [3.63, 3.8) is 0 Å². The fraction of sp³-hybridized carbons (Fsp3) is 0.824. The van der Waals surface area contributed by atoms with Crippen LogP contribution in [-0.2, 0) is 9.59 Å². The van der Waals surface area contributed by atoms with E-state index in [-0.39, 0.29) is 30.4 Å². The van der Waals surface area contributed by atoms with Gasteiger partial charge in [-0.2, -0.15) is 0 Å². The molecule has 4 amide bonds. The number of hydrogen-bond acceptors (Lipinski definition) is 3. The number of likely N-dealkylation sites (N-methyl/N-ethyl adjacent to an activating group) is 1. The van der Waals surface area contributed by atoms with Crippen LogP contribution >= 0.6 is 0 Å². The van der Waals surface area contributed by atoms with Crippen molar-refractivity contribution < 1.29 is 14.4 Å². The van der Waals surface area contributed by atoms with Crippen LogP contribution in [0.5, 0.6) is 0 Å². The Labute approximate surface area is 143 Å². The lowest BCUT2D eigenvalue weighted by Gasteiger charge is -2.36. The minimum absolute atomic E-state index is 0.114. The van der Waals surface area contributed by atoms with Crippen LogP contribution < -0.4 is 21.3 Å². The molecule has 7 nitrogen and oxygen atoms in total. The Kier molecular flexibility index (Phi) is 6.87. The minimum atomic E-state index is -0.828. The van der Waals surface area contributed by atoms with Crippen LogP contribution in [0.4, 0.5) is 4.79 Å². The second kappa shape index (κ2) is 8.89. The summed E-state index contributed by atoms with van der Waals surface area (Å²) in [6.45, 7) is -0.114. The van der Waals surface area contributed by atoms with Crippen LogP contribution in [0, 0.1) is 0 Å². The van der Waals surface area contributed by atoms with E-state index in [4.69, 9.17) is 0 Å². The summed E-state index contributed by atoms with van der Waals surface area (Å²) in [5, 5.41) is 11.0. The molecule has 0 saturated heterocycles. The van der Waals surface area contributed by atoms with Gasteiger partial charge in [-0.1, -0.05) is 38.5 Å². The molecule has 2 fully saturated rings. The van der Waals surface area contributed by atoms with Crippen molar-refractivity contribution in [2.45, 2.75) is 75.8 Å². The summed E-state index contributed by atoms with van der Waals surface area (Å²) in [6, 6.07) is -0.105. The second-order valence-corrected chi connectivity index (χ2v) is 6.93. The lowest BCUT2D eigenvalue weighted by molar-refractivity contribution is -0.134. The van der Waals surface area contributed by atoms with Gasteiger partial charge in [0.15, 0.2) is 0 Å². The van der Waals surface area contributed by atoms with Gasteiger partial charge in [0.25, 0.3) is 0 Å². The molecule has 0 aromatic rings. The van der Waals surface area contributed by atoms with Gasteiger partial charge in [0, 0.05) is 13.1 Å². The van der Waals surface area contributed by atoms with E-state index in [0.29, 0.717) is 12.8 Å². The largest absolute Gasteiger partial charge is 0.357 e. The van der Waals surface area contributed by atoms with Crippen LogP contribution in [-0.4, -0.2) is 43.0 Å². The van der Waals surface area contributed by atoms with E-state index in [0.717, 1.165) is 44.9 Å². The summed E-state index contributed by atoms with van der Waals surface area (Å²) in [5.41, 5.74) is -0.828. The van der Waals surface area contributed by atoms with Crippen LogP contribution in [0.1, 0.15) is 64.2 Å². The molecule has 0 bridgehead atoms. The molecule has 136 valence electrons. The quantitative estimate of drug-likeness (QED) is 0.606. The Hall–Kier alpha value is -1.79. The molecule has 2 saturated carbocycles. The molecule has 0 heterocycles. The van der Waals surface area contributed by atoms with Crippen LogP contribution in [0.25, 0.3) is 0 Å². The zero-order chi connectivity index (χ0) is 17.4. The number of carbonyl (C=O) groups excluding carboxylic acids is 3. The third-order valence-electron chi connectivity index (χ3n) is 5.10. The fourth-order valence-corrected chi connectivity index (χ4v) is 3.76. The Morgan fingerprint density at radius 1 is 0.958 bits per heavy atom. The molecule has 7 heteroatoms. The third kappa shape index (κ3) is 5.11. The molecule has 0 aromatic carbocycles. The van der Waals surface area contributed by atoms with E-state index in [1.165, 1.54) is 6.42 Å². The predicted molar refractivity (Wildman–Crippen MR) is 91.4 cm³/mol. The first-order valence-corrected chi connectivity index (χ1v) is 9.13. The molecule has 0 radical (unpaired) electrons. The SMILES string of the molecule is CNC(=O)C1(NC(=O)CNC(=O)NC2CCCCC2)CCCCC1.